The summed E-state index contributed by atoms with van der Waals surface area (Å²) in [4.78, 5) is 77.6. The maximum Gasteiger partial charge on any atom is 0.261 e. The summed E-state index contributed by atoms with van der Waals surface area (Å²) < 4.78 is 70.2. The minimum absolute atomic E-state index is 0.0185. The standard InChI is InChI=1S/C24H25N2O3.C20H18N2O2.C4H6O.2ClHO4/c1-15(27)11-12-25-16(2)24(3,4)20-13-17(9-10-21(20)25)14-26-22(28)18-7-5-6-8-19(18)23(26)29;1-12-20(2,3)16-10-13(8-9-17(16)21-12)11-22-18(23)14-6-4-5-7-15(14)19(22)24;1-3-4(2)5;2*2-1(3,4)5/h5-10,13H,11-12,14H2,1-4H3;4-10H,11H2,1-3H3;3H,1H2,2H3;2*(H,2,3,4,5)/q+1;;;;/p-1. The van der Waals surface area contributed by atoms with Gasteiger partial charge in [-0.3, -0.25) is 38.6 Å². The first kappa shape index (κ1) is 54.4. The molecule has 0 fully saturated rings. The lowest BCUT2D eigenvalue weighted by Crippen LogP contribution is -2.68. The highest BCUT2D eigenvalue weighted by Crippen LogP contribution is 2.41. The molecule has 4 aromatic rings. The first-order valence-electron chi connectivity index (χ1n) is 20.6. The molecule has 0 saturated heterocycles. The zero-order chi connectivity index (χ0) is 51.3. The van der Waals surface area contributed by atoms with Gasteiger partial charge in [0.2, 0.25) is 11.4 Å². The summed E-state index contributed by atoms with van der Waals surface area (Å²) in [5.41, 5.74) is 10.5. The molecule has 68 heavy (non-hydrogen) atoms. The van der Waals surface area contributed by atoms with Crippen LogP contribution in [0.5, 0.6) is 0 Å². The van der Waals surface area contributed by atoms with Crippen LogP contribution in [-0.4, -0.2) is 67.5 Å². The summed E-state index contributed by atoms with van der Waals surface area (Å²) in [5, 5.41) is 0. The fraction of sp³-hybridized carbons (Fsp3) is 0.292. The number of nitrogens with one attached hydrogen (secondary N) is 1. The smallest absolute Gasteiger partial charge is 0.261 e. The number of Topliss-reactive ketones (excluding diaryl/α,β-unsaturated/α-hetero) is 1. The van der Waals surface area contributed by atoms with E-state index in [0.717, 1.165) is 28.1 Å². The molecule has 4 aromatic carbocycles. The largest absolute Gasteiger partial charge is 0.300 e. The van der Waals surface area contributed by atoms with E-state index in [1.54, 1.807) is 55.5 Å². The molecular formula is C48H50Cl2N4O14. The average molecular weight is 978 g/mol. The summed E-state index contributed by atoms with van der Waals surface area (Å²) in [5.74, 6) is -0.712. The first-order valence-corrected chi connectivity index (χ1v) is 23.1. The Morgan fingerprint density at radius 1 is 0.632 bits per heavy atom. The number of hydrogen-bond acceptors (Lipinski definition) is 14. The van der Waals surface area contributed by atoms with Crippen LogP contribution in [-0.2, 0) is 33.5 Å². The molecule has 1 N–H and O–H groups in total. The summed E-state index contributed by atoms with van der Waals surface area (Å²) in [6, 6.07) is 26.2. The van der Waals surface area contributed by atoms with E-state index in [1.807, 2.05) is 24.3 Å². The fourth-order valence-electron chi connectivity index (χ4n) is 7.69. The van der Waals surface area contributed by atoms with E-state index < -0.39 is 20.5 Å². The molecule has 4 aliphatic rings. The van der Waals surface area contributed by atoms with Gasteiger partial charge in [-0.1, -0.05) is 43.0 Å². The molecule has 20 heteroatoms. The highest BCUT2D eigenvalue weighted by molar-refractivity contribution is 6.22. The second kappa shape index (κ2) is 21.4. The second-order valence-electron chi connectivity index (χ2n) is 17.0. The molecule has 0 unspecified atom stereocenters. The maximum absolute atomic E-state index is 12.7. The SMILES string of the molecule is C=CC(C)=O.CC(=O)CC[N+]1=C(C)C(C)(C)c2cc(CN3C(=O)c4ccccc4C3=O)ccc21.CC1=[NH+]c2ccc(CN3C(=O)c4ccccc4C3=O)cc2C1(C)C.[O-][Cl+3]([O-])([O-])[O-].[O-][Cl+3]([O-])([O-])[O-]. The van der Waals surface area contributed by atoms with Crippen molar-refractivity contribution in [2.75, 3.05) is 6.54 Å². The van der Waals surface area contributed by atoms with E-state index >= 15 is 0 Å². The number of ketones is 2. The zero-order valence-corrected chi connectivity index (χ0v) is 40.0. The van der Waals surface area contributed by atoms with Gasteiger partial charge in [0.15, 0.2) is 23.8 Å². The third-order valence-corrected chi connectivity index (χ3v) is 11.8. The molecule has 0 radical (unpaired) electrons. The van der Waals surface area contributed by atoms with E-state index in [4.69, 9.17) is 37.3 Å². The lowest BCUT2D eigenvalue weighted by molar-refractivity contribution is -2.00. The summed E-state index contributed by atoms with van der Waals surface area (Å²) in [6.45, 7) is 20.4. The zero-order valence-electron chi connectivity index (χ0n) is 38.5. The van der Waals surface area contributed by atoms with Crippen molar-refractivity contribution in [2.45, 2.75) is 85.7 Å². The van der Waals surface area contributed by atoms with Crippen molar-refractivity contribution in [3.05, 3.63) is 142 Å². The van der Waals surface area contributed by atoms with Crippen LogP contribution in [0.2, 0.25) is 0 Å². The van der Waals surface area contributed by atoms with Crippen LogP contribution in [0.25, 0.3) is 0 Å². The molecule has 4 heterocycles. The highest BCUT2D eigenvalue weighted by Gasteiger charge is 2.44. The summed E-state index contributed by atoms with van der Waals surface area (Å²) >= 11 is 0. The Kier molecular flexibility index (Phi) is 17.2. The Morgan fingerprint density at radius 3 is 1.37 bits per heavy atom. The maximum atomic E-state index is 12.7. The quantitative estimate of drug-likeness (QED) is 0.105. The van der Waals surface area contributed by atoms with Crippen molar-refractivity contribution in [3.8, 4) is 0 Å². The number of amides is 4. The predicted molar refractivity (Wildman–Crippen MR) is 223 cm³/mol. The van der Waals surface area contributed by atoms with Crippen LogP contribution < -0.4 is 42.3 Å². The highest BCUT2D eigenvalue weighted by atomic mass is 35.7. The van der Waals surface area contributed by atoms with E-state index in [9.17, 15) is 28.8 Å². The number of halogens is 2. The Labute approximate surface area is 396 Å². The molecule has 18 nitrogen and oxygen atoms in total. The van der Waals surface area contributed by atoms with Gasteiger partial charge >= 0.3 is 0 Å². The van der Waals surface area contributed by atoms with Gasteiger partial charge in [-0.25, -0.2) is 42.3 Å². The number of carbonyl (C=O) groups is 6. The lowest BCUT2D eigenvalue weighted by atomic mass is 9.81. The van der Waals surface area contributed by atoms with Crippen molar-refractivity contribution in [1.29, 1.82) is 0 Å². The van der Waals surface area contributed by atoms with Gasteiger partial charge in [-0.2, -0.15) is 4.58 Å². The molecule has 0 aromatic heterocycles. The van der Waals surface area contributed by atoms with Crippen LogP contribution in [0, 0.1) is 20.5 Å². The molecule has 0 spiro atoms. The van der Waals surface area contributed by atoms with Crippen molar-refractivity contribution >= 4 is 58.0 Å². The lowest BCUT2D eigenvalue weighted by Gasteiger charge is -2.18. The van der Waals surface area contributed by atoms with Crippen molar-refractivity contribution < 1.29 is 96.1 Å². The topological polar surface area (TPSA) is 310 Å². The Hall–Kier alpha value is -6.16. The molecular weight excluding hydrogens is 927 g/mol. The number of rotatable bonds is 8. The van der Waals surface area contributed by atoms with Crippen LogP contribution in [0.3, 0.4) is 0 Å². The third-order valence-electron chi connectivity index (χ3n) is 11.8. The van der Waals surface area contributed by atoms with Gasteiger partial charge in [0.25, 0.3) is 23.6 Å². The number of benzene rings is 4. The Morgan fingerprint density at radius 2 is 1.00 bits per heavy atom. The minimum Gasteiger partial charge on any atom is -0.300 e. The van der Waals surface area contributed by atoms with Gasteiger partial charge in [0.05, 0.1) is 52.6 Å². The third kappa shape index (κ3) is 13.3. The van der Waals surface area contributed by atoms with Gasteiger partial charge in [-0.05, 0) is 95.1 Å². The van der Waals surface area contributed by atoms with Crippen LogP contribution >= 0.6 is 0 Å². The predicted octanol–water partition coefficient (Wildman–Crippen LogP) is -2.95. The first-order chi connectivity index (χ1) is 31.4. The fourth-order valence-corrected chi connectivity index (χ4v) is 7.69. The number of hydrogen-bond donors (Lipinski definition) is 1. The molecule has 360 valence electrons. The molecule has 0 aliphatic carbocycles. The van der Waals surface area contributed by atoms with E-state index in [2.05, 4.69) is 69.8 Å². The number of fused-ring (bicyclic) bond motifs is 4. The number of carbonyl (C=O) groups excluding carboxylic acids is 6. The number of nitrogens with zero attached hydrogens (tertiary/aromatic N) is 3. The van der Waals surface area contributed by atoms with Gasteiger partial charge in [0, 0.05) is 37.1 Å². The average Bonchev–Trinajstić information content (AvgIpc) is 3.80. The minimum atomic E-state index is -4.94. The summed E-state index contributed by atoms with van der Waals surface area (Å²) in [6.07, 6.45) is 1.78. The second-order valence-corrected chi connectivity index (χ2v) is 18.5. The molecule has 0 saturated carbocycles. The Balaban J connectivity index is 0.000000231. The molecule has 8 rings (SSSR count). The van der Waals surface area contributed by atoms with Crippen molar-refractivity contribution in [1.82, 2.24) is 9.80 Å². The van der Waals surface area contributed by atoms with Gasteiger partial charge in [0.1, 0.15) is 5.78 Å². The van der Waals surface area contributed by atoms with E-state index in [-0.39, 0.29) is 52.6 Å². The normalized spacial score (nSPS) is 15.8. The van der Waals surface area contributed by atoms with Crippen LogP contribution in [0.4, 0.5) is 11.4 Å². The van der Waals surface area contributed by atoms with Crippen LogP contribution in [0.15, 0.2) is 97.6 Å². The van der Waals surface area contributed by atoms with Crippen molar-refractivity contribution in [2.24, 2.45) is 0 Å². The monoisotopic (exact) mass is 976 g/mol. The van der Waals surface area contributed by atoms with Gasteiger partial charge < -0.3 is 0 Å². The van der Waals surface area contributed by atoms with Crippen molar-refractivity contribution in [3.63, 3.8) is 0 Å². The van der Waals surface area contributed by atoms with E-state index in [1.165, 1.54) is 39.8 Å². The molecule has 4 aliphatic heterocycles. The van der Waals surface area contributed by atoms with E-state index in [0.29, 0.717) is 41.8 Å². The molecule has 0 atom stereocenters. The Bertz CT molecular complexity index is 2640. The molecule has 0 bridgehead atoms. The molecule has 4 amide bonds. The number of allylic oxidation sites excluding steroid dienone is 1. The summed E-state index contributed by atoms with van der Waals surface area (Å²) in [7, 11) is -9.89. The number of imide groups is 2. The van der Waals surface area contributed by atoms with Crippen LogP contribution in [0.1, 0.15) is 125 Å². The van der Waals surface area contributed by atoms with Gasteiger partial charge in [-0.15, -0.1) is 20.5 Å².